The fraction of sp³-hybridized carbons (Fsp3) is 0. The Hall–Kier alpha value is -2.25. The smallest absolute Gasteiger partial charge is 0.151 e. The SMILES string of the molecule is N#Cc1ccc(Oc2cc(Cl)ccc2N)cn1. The van der Waals surface area contributed by atoms with Crippen LogP contribution in [0.5, 0.6) is 11.5 Å². The fourth-order valence-corrected chi connectivity index (χ4v) is 1.39. The number of halogens is 1. The largest absolute Gasteiger partial charge is 0.454 e. The molecule has 0 radical (unpaired) electrons. The average Bonchev–Trinajstić information content (AvgIpc) is 2.35. The summed E-state index contributed by atoms with van der Waals surface area (Å²) in [7, 11) is 0. The van der Waals surface area contributed by atoms with Crippen LogP contribution in [0.2, 0.25) is 5.02 Å². The third-order valence-corrected chi connectivity index (χ3v) is 2.29. The molecule has 0 bridgehead atoms. The van der Waals surface area contributed by atoms with Gasteiger partial charge in [0.1, 0.15) is 17.5 Å². The predicted molar refractivity (Wildman–Crippen MR) is 64.9 cm³/mol. The van der Waals surface area contributed by atoms with Gasteiger partial charge in [-0.15, -0.1) is 0 Å². The number of anilines is 1. The van der Waals surface area contributed by atoms with E-state index in [1.54, 1.807) is 30.3 Å². The molecule has 0 aliphatic carbocycles. The fourth-order valence-electron chi connectivity index (χ4n) is 1.23. The lowest BCUT2D eigenvalue weighted by molar-refractivity contribution is 0.482. The standard InChI is InChI=1S/C12H8ClN3O/c13-8-1-4-11(15)12(5-8)17-10-3-2-9(6-14)16-7-10/h1-5,7H,15H2. The van der Waals surface area contributed by atoms with Crippen LogP contribution >= 0.6 is 11.6 Å². The third-order valence-electron chi connectivity index (χ3n) is 2.05. The minimum absolute atomic E-state index is 0.330. The predicted octanol–water partition coefficient (Wildman–Crippen LogP) is 2.98. The minimum Gasteiger partial charge on any atom is -0.454 e. The van der Waals surface area contributed by atoms with Crippen LogP contribution < -0.4 is 10.5 Å². The normalized spacial score (nSPS) is 9.65. The van der Waals surface area contributed by atoms with Crippen LogP contribution in [0.25, 0.3) is 0 Å². The first-order valence-electron chi connectivity index (χ1n) is 4.78. The molecule has 0 amide bonds. The zero-order valence-corrected chi connectivity index (χ0v) is 9.48. The number of nitriles is 1. The van der Waals surface area contributed by atoms with Crippen molar-refractivity contribution < 1.29 is 4.74 Å². The molecule has 2 N–H and O–H groups in total. The molecule has 0 saturated carbocycles. The number of nitrogens with zero attached hydrogens (tertiary/aromatic N) is 2. The first-order chi connectivity index (χ1) is 8.19. The zero-order chi connectivity index (χ0) is 12.3. The first kappa shape index (κ1) is 11.2. The molecule has 1 aromatic carbocycles. The van der Waals surface area contributed by atoms with Crippen molar-refractivity contribution in [2.45, 2.75) is 0 Å². The Labute approximate surface area is 103 Å². The Balaban J connectivity index is 2.25. The lowest BCUT2D eigenvalue weighted by atomic mass is 10.3. The van der Waals surface area contributed by atoms with E-state index in [-0.39, 0.29) is 0 Å². The molecule has 0 atom stereocenters. The highest BCUT2D eigenvalue weighted by atomic mass is 35.5. The molecule has 0 unspecified atom stereocenters. The molecule has 84 valence electrons. The van der Waals surface area contributed by atoms with Gasteiger partial charge in [-0.25, -0.2) is 4.98 Å². The van der Waals surface area contributed by atoms with Gasteiger partial charge >= 0.3 is 0 Å². The van der Waals surface area contributed by atoms with Crippen LogP contribution in [0.15, 0.2) is 36.5 Å². The van der Waals surface area contributed by atoms with Crippen LogP contribution in [0.3, 0.4) is 0 Å². The van der Waals surface area contributed by atoms with E-state index in [2.05, 4.69) is 4.98 Å². The van der Waals surface area contributed by atoms with E-state index in [1.807, 2.05) is 6.07 Å². The van der Waals surface area contributed by atoms with Gasteiger partial charge in [0.15, 0.2) is 5.75 Å². The number of nitrogens with two attached hydrogens (primary N) is 1. The highest BCUT2D eigenvalue weighted by molar-refractivity contribution is 6.30. The Bertz CT molecular complexity index is 575. The van der Waals surface area contributed by atoms with Gasteiger partial charge in [0.2, 0.25) is 0 Å². The molecule has 0 aliphatic heterocycles. The summed E-state index contributed by atoms with van der Waals surface area (Å²) in [5.74, 6) is 0.960. The van der Waals surface area contributed by atoms with Crippen molar-refractivity contribution in [3.8, 4) is 17.6 Å². The van der Waals surface area contributed by atoms with Crippen molar-refractivity contribution in [3.05, 3.63) is 47.2 Å². The molecule has 2 aromatic rings. The maximum atomic E-state index is 8.61. The number of benzene rings is 1. The summed E-state index contributed by atoms with van der Waals surface area (Å²) >= 11 is 5.84. The quantitative estimate of drug-likeness (QED) is 0.826. The maximum Gasteiger partial charge on any atom is 0.151 e. The molecule has 4 nitrogen and oxygen atoms in total. The second-order valence-electron chi connectivity index (χ2n) is 3.28. The number of hydrogen-bond acceptors (Lipinski definition) is 4. The third kappa shape index (κ3) is 2.65. The number of nitrogen functional groups attached to an aromatic ring is 1. The van der Waals surface area contributed by atoms with Gasteiger partial charge in [-0.2, -0.15) is 5.26 Å². The van der Waals surface area contributed by atoms with E-state index in [0.29, 0.717) is 27.9 Å². The summed E-state index contributed by atoms with van der Waals surface area (Å²) < 4.78 is 5.51. The molecule has 0 fully saturated rings. The highest BCUT2D eigenvalue weighted by Gasteiger charge is 2.03. The number of hydrogen-bond donors (Lipinski definition) is 1. The van der Waals surface area contributed by atoms with Crippen LogP contribution in [0, 0.1) is 11.3 Å². The van der Waals surface area contributed by atoms with Gasteiger partial charge in [0.25, 0.3) is 0 Å². The van der Waals surface area contributed by atoms with Crippen LogP contribution in [0.1, 0.15) is 5.69 Å². The lowest BCUT2D eigenvalue weighted by Gasteiger charge is -2.08. The second-order valence-corrected chi connectivity index (χ2v) is 3.71. The highest BCUT2D eigenvalue weighted by Crippen LogP contribution is 2.29. The van der Waals surface area contributed by atoms with Gasteiger partial charge in [0, 0.05) is 11.1 Å². The van der Waals surface area contributed by atoms with Crippen molar-refractivity contribution in [1.82, 2.24) is 4.98 Å². The zero-order valence-electron chi connectivity index (χ0n) is 8.72. The van der Waals surface area contributed by atoms with Gasteiger partial charge in [-0.05, 0) is 24.3 Å². The van der Waals surface area contributed by atoms with Gasteiger partial charge in [-0.3, -0.25) is 0 Å². The maximum absolute atomic E-state index is 8.61. The molecule has 0 spiro atoms. The van der Waals surface area contributed by atoms with E-state index >= 15 is 0 Å². The molecule has 0 aliphatic rings. The van der Waals surface area contributed by atoms with Crippen LogP contribution in [-0.2, 0) is 0 Å². The minimum atomic E-state index is 0.330. The molecule has 17 heavy (non-hydrogen) atoms. The Kier molecular flexibility index (Phi) is 3.12. The molecule has 5 heteroatoms. The number of rotatable bonds is 2. The van der Waals surface area contributed by atoms with E-state index in [1.165, 1.54) is 6.20 Å². The Morgan fingerprint density at radius 3 is 2.76 bits per heavy atom. The monoisotopic (exact) mass is 245 g/mol. The van der Waals surface area contributed by atoms with Crippen molar-refractivity contribution in [3.63, 3.8) is 0 Å². The van der Waals surface area contributed by atoms with Crippen molar-refractivity contribution in [2.24, 2.45) is 0 Å². The Morgan fingerprint density at radius 1 is 1.29 bits per heavy atom. The van der Waals surface area contributed by atoms with Gasteiger partial charge in [0.05, 0.1) is 11.9 Å². The summed E-state index contributed by atoms with van der Waals surface area (Å²) in [6.45, 7) is 0. The van der Waals surface area contributed by atoms with E-state index < -0.39 is 0 Å². The topological polar surface area (TPSA) is 71.9 Å². The van der Waals surface area contributed by atoms with E-state index in [9.17, 15) is 0 Å². The molecule has 1 aromatic heterocycles. The summed E-state index contributed by atoms with van der Waals surface area (Å²) in [4.78, 5) is 3.89. The number of aromatic nitrogens is 1. The summed E-state index contributed by atoms with van der Waals surface area (Å²) in [6.07, 6.45) is 1.46. The van der Waals surface area contributed by atoms with Crippen molar-refractivity contribution in [2.75, 3.05) is 5.73 Å². The van der Waals surface area contributed by atoms with Gasteiger partial charge < -0.3 is 10.5 Å². The van der Waals surface area contributed by atoms with Crippen molar-refractivity contribution in [1.29, 1.82) is 5.26 Å². The van der Waals surface area contributed by atoms with Crippen LogP contribution in [0.4, 0.5) is 5.69 Å². The lowest BCUT2D eigenvalue weighted by Crippen LogP contribution is -1.92. The summed E-state index contributed by atoms with van der Waals surface area (Å²) in [5.41, 5.74) is 6.55. The number of pyridine rings is 1. The molecular weight excluding hydrogens is 238 g/mol. The van der Waals surface area contributed by atoms with E-state index in [0.717, 1.165) is 0 Å². The molecule has 2 rings (SSSR count). The summed E-state index contributed by atoms with van der Waals surface area (Å²) in [5, 5.41) is 9.15. The first-order valence-corrected chi connectivity index (χ1v) is 5.16. The van der Waals surface area contributed by atoms with Crippen LogP contribution in [-0.4, -0.2) is 4.98 Å². The molecular formula is C12H8ClN3O. The molecule has 1 heterocycles. The average molecular weight is 246 g/mol. The van der Waals surface area contributed by atoms with Gasteiger partial charge in [-0.1, -0.05) is 11.6 Å². The summed E-state index contributed by atoms with van der Waals surface area (Å²) in [6, 6.07) is 10.1. The van der Waals surface area contributed by atoms with E-state index in [4.69, 9.17) is 27.3 Å². The Morgan fingerprint density at radius 2 is 2.12 bits per heavy atom. The second kappa shape index (κ2) is 4.73. The number of ether oxygens (including phenoxy) is 1. The van der Waals surface area contributed by atoms with Crippen molar-refractivity contribution >= 4 is 17.3 Å². The molecule has 0 saturated heterocycles.